The highest BCUT2D eigenvalue weighted by molar-refractivity contribution is 5.99. The number of rotatable bonds is 10. The standard InChI is InChI=1S/C56H56O9/c1-35(57)64-51-32-45(65-54(61)56(21-10-11-22-56)43-18-16-39-24-44(58)31-47(46(39)30-43)37-14-8-5-9-15-37)25-41(38-17-19-49(59)52(28-38)62-2)33-55(23-20-36-12-6-4-7-13-36)34-42-27-50(60)53(63-3)29-40(42)26-48(51)55/h4-9,12-20,23-24,27-31,41,45,48,51,58-60H,10-11,21-22,25-26,32-34H2,1-3H3. The number of fused-ring (bicyclic) bond motifs is 3. The van der Waals surface area contributed by atoms with E-state index in [0.29, 0.717) is 50.0 Å². The van der Waals surface area contributed by atoms with Gasteiger partial charge in [0.15, 0.2) is 23.0 Å². The van der Waals surface area contributed by atoms with Crippen LogP contribution in [0, 0.1) is 11.3 Å². The van der Waals surface area contributed by atoms with Gasteiger partial charge in [-0.15, -0.1) is 0 Å². The van der Waals surface area contributed by atoms with E-state index in [1.54, 1.807) is 24.3 Å². The van der Waals surface area contributed by atoms with Crippen molar-refractivity contribution in [3.8, 4) is 39.9 Å². The molecule has 0 aromatic heterocycles. The molecule has 3 aliphatic rings. The van der Waals surface area contributed by atoms with E-state index >= 15 is 4.79 Å². The molecule has 0 heterocycles. The molecule has 0 aliphatic heterocycles. The molecular formula is C56H56O9. The number of carbonyl (C=O) groups is 2. The fourth-order valence-corrected chi connectivity index (χ4v) is 11.3. The molecule has 65 heavy (non-hydrogen) atoms. The van der Waals surface area contributed by atoms with Crippen molar-refractivity contribution < 1.29 is 43.9 Å². The van der Waals surface area contributed by atoms with Crippen molar-refractivity contribution in [3.63, 3.8) is 0 Å². The number of ether oxygens (including phenoxy) is 4. The predicted octanol–water partition coefficient (Wildman–Crippen LogP) is 11.4. The molecule has 9 nitrogen and oxygen atoms in total. The van der Waals surface area contributed by atoms with E-state index in [-0.39, 0.29) is 41.5 Å². The normalized spacial score (nSPS) is 22.6. The summed E-state index contributed by atoms with van der Waals surface area (Å²) < 4.78 is 24.5. The van der Waals surface area contributed by atoms with Crippen LogP contribution in [0.3, 0.4) is 0 Å². The van der Waals surface area contributed by atoms with Crippen molar-refractivity contribution in [2.75, 3.05) is 14.2 Å². The van der Waals surface area contributed by atoms with Crippen molar-refractivity contribution in [2.24, 2.45) is 11.3 Å². The molecule has 334 valence electrons. The maximum atomic E-state index is 15.3. The number of hydrogen-bond donors (Lipinski definition) is 3. The first-order valence-corrected chi connectivity index (χ1v) is 22.7. The lowest BCUT2D eigenvalue weighted by atomic mass is 9.56. The van der Waals surface area contributed by atoms with Gasteiger partial charge in [0.25, 0.3) is 0 Å². The molecule has 0 amide bonds. The fraction of sp³-hybridized carbons (Fsp3) is 0.321. The summed E-state index contributed by atoms with van der Waals surface area (Å²) in [5.74, 6) is -0.230. The Hall–Kier alpha value is -6.74. The minimum Gasteiger partial charge on any atom is -0.508 e. The number of phenolic OH excluding ortho intramolecular Hbond substituents is 3. The smallest absolute Gasteiger partial charge is 0.316 e. The number of benzene rings is 6. The molecule has 0 bridgehead atoms. The molecule has 0 saturated heterocycles. The van der Waals surface area contributed by atoms with Crippen LogP contribution in [0.5, 0.6) is 28.7 Å². The van der Waals surface area contributed by atoms with Gasteiger partial charge in [-0.05, 0) is 142 Å². The van der Waals surface area contributed by atoms with Crippen LogP contribution in [0.15, 0.2) is 127 Å². The molecule has 5 unspecified atom stereocenters. The van der Waals surface area contributed by atoms with Gasteiger partial charge in [0, 0.05) is 19.3 Å². The van der Waals surface area contributed by atoms with Crippen LogP contribution in [0.2, 0.25) is 0 Å². The maximum Gasteiger partial charge on any atom is 0.316 e. The second kappa shape index (κ2) is 18.0. The third kappa shape index (κ3) is 8.64. The van der Waals surface area contributed by atoms with Gasteiger partial charge in [-0.25, -0.2) is 0 Å². The Morgan fingerprint density at radius 2 is 1.45 bits per heavy atom. The quantitative estimate of drug-likeness (QED) is 0.115. The number of hydrogen-bond acceptors (Lipinski definition) is 9. The molecule has 6 aromatic rings. The highest BCUT2D eigenvalue weighted by atomic mass is 16.6. The predicted molar refractivity (Wildman–Crippen MR) is 251 cm³/mol. The molecule has 0 spiro atoms. The first-order chi connectivity index (χ1) is 31.5. The highest BCUT2D eigenvalue weighted by Gasteiger charge is 2.52. The van der Waals surface area contributed by atoms with Gasteiger partial charge in [0.1, 0.15) is 18.0 Å². The summed E-state index contributed by atoms with van der Waals surface area (Å²) in [7, 11) is 3.07. The van der Waals surface area contributed by atoms with E-state index in [1.165, 1.54) is 21.1 Å². The Balaban J connectivity index is 1.16. The molecule has 5 atom stereocenters. The summed E-state index contributed by atoms with van der Waals surface area (Å²) in [5, 5.41) is 34.4. The Kier molecular flexibility index (Phi) is 12.1. The van der Waals surface area contributed by atoms with Gasteiger partial charge >= 0.3 is 11.9 Å². The average molecular weight is 873 g/mol. The lowest BCUT2D eigenvalue weighted by molar-refractivity contribution is -0.165. The lowest BCUT2D eigenvalue weighted by Crippen LogP contribution is -2.49. The third-order valence-electron chi connectivity index (χ3n) is 14.4. The Morgan fingerprint density at radius 1 is 0.723 bits per heavy atom. The van der Waals surface area contributed by atoms with E-state index in [4.69, 9.17) is 18.9 Å². The number of carbonyl (C=O) groups excluding carboxylic acids is 2. The van der Waals surface area contributed by atoms with Crippen LogP contribution in [-0.2, 0) is 37.3 Å². The average Bonchev–Trinajstić information content (AvgIpc) is 3.82. The maximum absolute atomic E-state index is 15.3. The molecule has 3 N–H and O–H groups in total. The van der Waals surface area contributed by atoms with E-state index < -0.39 is 29.0 Å². The summed E-state index contributed by atoms with van der Waals surface area (Å²) in [6, 6.07) is 38.8. The molecule has 9 heteroatoms. The zero-order valence-electron chi connectivity index (χ0n) is 37.2. The number of esters is 2. The van der Waals surface area contributed by atoms with Crippen LogP contribution < -0.4 is 9.47 Å². The van der Waals surface area contributed by atoms with Gasteiger partial charge in [0.05, 0.1) is 19.6 Å². The minimum atomic E-state index is -0.916. The van der Waals surface area contributed by atoms with E-state index in [9.17, 15) is 20.1 Å². The number of allylic oxidation sites excluding steroid dienone is 1. The van der Waals surface area contributed by atoms with Crippen LogP contribution >= 0.6 is 0 Å². The van der Waals surface area contributed by atoms with E-state index in [2.05, 4.69) is 30.4 Å². The summed E-state index contributed by atoms with van der Waals surface area (Å²) in [5.41, 5.74) is 5.11. The van der Waals surface area contributed by atoms with Crippen LogP contribution in [0.4, 0.5) is 0 Å². The highest BCUT2D eigenvalue weighted by Crippen LogP contribution is 2.55. The first-order valence-electron chi connectivity index (χ1n) is 22.7. The molecule has 2 saturated carbocycles. The van der Waals surface area contributed by atoms with Crippen molar-refractivity contribution in [3.05, 3.63) is 155 Å². The number of aromatic hydroxyl groups is 3. The van der Waals surface area contributed by atoms with E-state index in [1.807, 2.05) is 78.9 Å². The minimum absolute atomic E-state index is 0.0248. The largest absolute Gasteiger partial charge is 0.508 e. The number of methoxy groups -OCH3 is 2. The monoisotopic (exact) mass is 872 g/mol. The molecule has 9 rings (SSSR count). The van der Waals surface area contributed by atoms with Gasteiger partial charge in [0.2, 0.25) is 0 Å². The summed E-state index contributed by atoms with van der Waals surface area (Å²) in [6.45, 7) is 1.43. The SMILES string of the molecule is COc1cc(C2CC(OC(=O)C3(c4ccc5cc(O)cc(-c6ccccc6)c5c4)CCCC3)CC(OC(C)=O)C3Cc4cc(OC)c(O)cc4CC3(C=Cc3ccccc3)C2)ccc1O. The molecular weight excluding hydrogens is 817 g/mol. The molecule has 3 aliphatic carbocycles. The van der Waals surface area contributed by atoms with Crippen LogP contribution in [0.25, 0.3) is 28.0 Å². The summed E-state index contributed by atoms with van der Waals surface area (Å²) in [6.07, 6.45) is 8.36. The Morgan fingerprint density at radius 3 is 2.17 bits per heavy atom. The van der Waals surface area contributed by atoms with Gasteiger partial charge in [-0.1, -0.05) is 104 Å². The zero-order chi connectivity index (χ0) is 45.3. The zero-order valence-corrected chi connectivity index (χ0v) is 37.2. The topological polar surface area (TPSA) is 132 Å². The van der Waals surface area contributed by atoms with Crippen molar-refractivity contribution in [2.45, 2.75) is 88.3 Å². The van der Waals surface area contributed by atoms with Crippen LogP contribution in [-0.4, -0.2) is 53.7 Å². The Bertz CT molecular complexity index is 2740. The summed E-state index contributed by atoms with van der Waals surface area (Å²) in [4.78, 5) is 28.5. The lowest BCUT2D eigenvalue weighted by Gasteiger charge is -2.50. The van der Waals surface area contributed by atoms with E-state index in [0.717, 1.165) is 62.6 Å². The molecule has 6 aromatic carbocycles. The fourth-order valence-electron chi connectivity index (χ4n) is 11.3. The van der Waals surface area contributed by atoms with Crippen LogP contribution in [0.1, 0.15) is 85.6 Å². The van der Waals surface area contributed by atoms with Gasteiger partial charge < -0.3 is 34.3 Å². The van der Waals surface area contributed by atoms with Crippen molar-refractivity contribution in [1.82, 2.24) is 0 Å². The van der Waals surface area contributed by atoms with Crippen molar-refractivity contribution in [1.29, 1.82) is 0 Å². The first kappa shape index (κ1) is 43.5. The Labute approximate surface area is 380 Å². The third-order valence-corrected chi connectivity index (χ3v) is 14.4. The van der Waals surface area contributed by atoms with Gasteiger partial charge in [-0.2, -0.15) is 0 Å². The van der Waals surface area contributed by atoms with Gasteiger partial charge in [-0.3, -0.25) is 9.59 Å². The molecule has 0 radical (unpaired) electrons. The molecule has 2 fully saturated rings. The number of phenols is 3. The van der Waals surface area contributed by atoms with Crippen molar-refractivity contribution >= 4 is 28.8 Å². The second-order valence-corrected chi connectivity index (χ2v) is 18.3. The second-order valence-electron chi connectivity index (χ2n) is 18.3. The summed E-state index contributed by atoms with van der Waals surface area (Å²) >= 11 is 0.